The van der Waals surface area contributed by atoms with E-state index in [1.165, 1.54) is 18.2 Å². The molecule has 2 aromatic carbocycles. The molecular weight excluding hydrogens is 307 g/mol. The van der Waals surface area contributed by atoms with Gasteiger partial charge in [0.25, 0.3) is 0 Å². The number of amides is 2. The average Bonchev–Trinajstić information content (AvgIpc) is 2.56. The van der Waals surface area contributed by atoms with Crippen molar-refractivity contribution in [2.45, 2.75) is 13.8 Å². The van der Waals surface area contributed by atoms with Crippen molar-refractivity contribution in [3.05, 3.63) is 66.0 Å². The summed E-state index contributed by atoms with van der Waals surface area (Å²) in [5.41, 5.74) is 2.03. The van der Waals surface area contributed by atoms with Crippen LogP contribution >= 0.6 is 0 Å². The SMILES string of the molecule is CC(C)C(=O)Nc1ccc(NC(=O)C=Cc2ccc(F)cc2)cc1. The summed E-state index contributed by atoms with van der Waals surface area (Å²) < 4.78 is 12.8. The van der Waals surface area contributed by atoms with Crippen LogP contribution in [0.4, 0.5) is 15.8 Å². The van der Waals surface area contributed by atoms with Gasteiger partial charge in [0.15, 0.2) is 0 Å². The first-order valence-corrected chi connectivity index (χ1v) is 7.59. The summed E-state index contributed by atoms with van der Waals surface area (Å²) in [6.07, 6.45) is 2.98. The Balaban J connectivity index is 1.92. The van der Waals surface area contributed by atoms with Crippen molar-refractivity contribution in [3.8, 4) is 0 Å². The number of nitrogens with one attached hydrogen (secondary N) is 2. The van der Waals surface area contributed by atoms with Crippen molar-refractivity contribution in [2.24, 2.45) is 5.92 Å². The minimum absolute atomic E-state index is 0.0611. The summed E-state index contributed by atoms with van der Waals surface area (Å²) in [6.45, 7) is 3.63. The second-order valence-electron chi connectivity index (χ2n) is 5.60. The zero-order valence-corrected chi connectivity index (χ0v) is 13.5. The van der Waals surface area contributed by atoms with Gasteiger partial charge in [-0.05, 0) is 48.0 Å². The van der Waals surface area contributed by atoms with E-state index in [0.29, 0.717) is 11.4 Å². The highest BCUT2D eigenvalue weighted by Crippen LogP contribution is 2.14. The smallest absolute Gasteiger partial charge is 0.248 e. The van der Waals surface area contributed by atoms with Gasteiger partial charge < -0.3 is 10.6 Å². The molecular formula is C19H19FN2O2. The molecule has 0 bridgehead atoms. The Bertz CT molecular complexity index is 735. The number of halogens is 1. The van der Waals surface area contributed by atoms with Crippen molar-refractivity contribution >= 4 is 29.3 Å². The lowest BCUT2D eigenvalue weighted by molar-refractivity contribution is -0.119. The first-order valence-electron chi connectivity index (χ1n) is 7.59. The van der Waals surface area contributed by atoms with Gasteiger partial charge in [-0.2, -0.15) is 0 Å². The van der Waals surface area contributed by atoms with E-state index in [9.17, 15) is 14.0 Å². The second-order valence-corrected chi connectivity index (χ2v) is 5.60. The average molecular weight is 326 g/mol. The summed E-state index contributed by atoms with van der Waals surface area (Å²) in [7, 11) is 0. The molecule has 0 spiro atoms. The van der Waals surface area contributed by atoms with Crippen LogP contribution in [-0.4, -0.2) is 11.8 Å². The number of rotatable bonds is 5. The number of carbonyl (C=O) groups excluding carboxylic acids is 2. The molecule has 0 aliphatic carbocycles. The van der Waals surface area contributed by atoms with E-state index >= 15 is 0 Å². The fourth-order valence-electron chi connectivity index (χ4n) is 1.85. The highest BCUT2D eigenvalue weighted by Gasteiger charge is 2.06. The van der Waals surface area contributed by atoms with Gasteiger partial charge in [0.05, 0.1) is 0 Å². The molecule has 5 heteroatoms. The Morgan fingerprint density at radius 2 is 1.46 bits per heavy atom. The number of hydrogen-bond acceptors (Lipinski definition) is 2. The van der Waals surface area contributed by atoms with Crippen LogP contribution in [0.3, 0.4) is 0 Å². The molecule has 0 saturated carbocycles. The molecule has 2 N–H and O–H groups in total. The van der Waals surface area contributed by atoms with E-state index in [1.54, 1.807) is 42.5 Å². The first kappa shape index (κ1) is 17.4. The summed E-state index contributed by atoms with van der Waals surface area (Å²) in [6, 6.07) is 12.7. The zero-order valence-electron chi connectivity index (χ0n) is 13.5. The Hall–Kier alpha value is -2.95. The van der Waals surface area contributed by atoms with Gasteiger partial charge >= 0.3 is 0 Å². The summed E-state index contributed by atoms with van der Waals surface area (Å²) in [5, 5.41) is 5.49. The van der Waals surface area contributed by atoms with Crippen LogP contribution in [0.2, 0.25) is 0 Å². The summed E-state index contributed by atoms with van der Waals surface area (Å²) in [5.74, 6) is -0.769. The van der Waals surface area contributed by atoms with Crippen molar-refractivity contribution in [3.63, 3.8) is 0 Å². The second kappa shape index (κ2) is 8.06. The van der Waals surface area contributed by atoms with Crippen molar-refractivity contribution in [2.75, 3.05) is 10.6 Å². The Kier molecular flexibility index (Phi) is 5.84. The standard InChI is InChI=1S/C19H19FN2O2/c1-13(2)19(24)22-17-10-8-16(9-11-17)21-18(23)12-5-14-3-6-15(20)7-4-14/h3-13H,1-2H3,(H,21,23)(H,22,24). The van der Waals surface area contributed by atoms with Crippen LogP contribution in [0.25, 0.3) is 6.08 Å². The van der Waals surface area contributed by atoms with Gasteiger partial charge in [-0.25, -0.2) is 4.39 Å². The molecule has 4 nitrogen and oxygen atoms in total. The molecule has 0 fully saturated rings. The van der Waals surface area contributed by atoms with E-state index in [-0.39, 0.29) is 23.5 Å². The molecule has 0 radical (unpaired) electrons. The van der Waals surface area contributed by atoms with Gasteiger partial charge in [0.2, 0.25) is 11.8 Å². The van der Waals surface area contributed by atoms with Gasteiger partial charge in [-0.1, -0.05) is 26.0 Å². The van der Waals surface area contributed by atoms with Crippen molar-refractivity contribution < 1.29 is 14.0 Å². The quantitative estimate of drug-likeness (QED) is 0.814. The van der Waals surface area contributed by atoms with E-state index in [2.05, 4.69) is 10.6 Å². The molecule has 2 rings (SSSR count). The van der Waals surface area contributed by atoms with E-state index in [4.69, 9.17) is 0 Å². The Morgan fingerprint density at radius 1 is 0.917 bits per heavy atom. The maximum Gasteiger partial charge on any atom is 0.248 e. The third-order valence-electron chi connectivity index (χ3n) is 3.24. The van der Waals surface area contributed by atoms with Crippen LogP contribution in [0.1, 0.15) is 19.4 Å². The summed E-state index contributed by atoms with van der Waals surface area (Å²) >= 11 is 0. The molecule has 2 aromatic rings. The lowest BCUT2D eigenvalue weighted by Crippen LogP contribution is -2.17. The highest BCUT2D eigenvalue weighted by atomic mass is 19.1. The largest absolute Gasteiger partial charge is 0.326 e. The fourth-order valence-corrected chi connectivity index (χ4v) is 1.85. The molecule has 0 aliphatic rings. The first-order chi connectivity index (χ1) is 11.4. The minimum Gasteiger partial charge on any atom is -0.326 e. The van der Waals surface area contributed by atoms with Gasteiger partial charge in [0.1, 0.15) is 5.82 Å². The molecule has 0 atom stereocenters. The molecule has 124 valence electrons. The number of anilines is 2. The normalized spacial score (nSPS) is 10.8. The van der Waals surface area contributed by atoms with Crippen LogP contribution < -0.4 is 10.6 Å². The van der Waals surface area contributed by atoms with E-state index < -0.39 is 0 Å². The van der Waals surface area contributed by atoms with Crippen LogP contribution in [-0.2, 0) is 9.59 Å². The maximum absolute atomic E-state index is 12.8. The molecule has 24 heavy (non-hydrogen) atoms. The van der Waals surface area contributed by atoms with Gasteiger partial charge in [-0.3, -0.25) is 9.59 Å². The van der Waals surface area contributed by atoms with E-state index in [1.807, 2.05) is 13.8 Å². The number of hydrogen-bond donors (Lipinski definition) is 2. The molecule has 0 heterocycles. The molecule has 2 amide bonds. The van der Waals surface area contributed by atoms with Gasteiger partial charge in [0, 0.05) is 23.4 Å². The van der Waals surface area contributed by atoms with Crippen LogP contribution in [0.5, 0.6) is 0 Å². The van der Waals surface area contributed by atoms with Crippen LogP contribution in [0, 0.1) is 11.7 Å². The topological polar surface area (TPSA) is 58.2 Å². The third kappa shape index (κ3) is 5.35. The number of carbonyl (C=O) groups is 2. The Morgan fingerprint density at radius 3 is 2.00 bits per heavy atom. The minimum atomic E-state index is -0.318. The predicted molar refractivity (Wildman–Crippen MR) is 94.0 cm³/mol. The summed E-state index contributed by atoms with van der Waals surface area (Å²) in [4.78, 5) is 23.5. The van der Waals surface area contributed by atoms with Crippen LogP contribution in [0.15, 0.2) is 54.6 Å². The highest BCUT2D eigenvalue weighted by molar-refractivity contribution is 6.02. The lowest BCUT2D eigenvalue weighted by atomic mass is 10.2. The number of benzene rings is 2. The molecule has 0 aliphatic heterocycles. The van der Waals surface area contributed by atoms with Crippen molar-refractivity contribution in [1.29, 1.82) is 0 Å². The molecule has 0 saturated heterocycles. The van der Waals surface area contributed by atoms with Gasteiger partial charge in [-0.15, -0.1) is 0 Å². The Labute approximate surface area is 140 Å². The predicted octanol–water partition coefficient (Wildman–Crippen LogP) is 4.07. The fraction of sp³-hybridized carbons (Fsp3) is 0.158. The zero-order chi connectivity index (χ0) is 17.5. The van der Waals surface area contributed by atoms with Crippen molar-refractivity contribution in [1.82, 2.24) is 0 Å². The molecule has 0 unspecified atom stereocenters. The third-order valence-corrected chi connectivity index (χ3v) is 3.24. The maximum atomic E-state index is 12.8. The monoisotopic (exact) mass is 326 g/mol. The lowest BCUT2D eigenvalue weighted by Gasteiger charge is -2.08. The molecule has 0 aromatic heterocycles. The van der Waals surface area contributed by atoms with E-state index in [0.717, 1.165) is 5.56 Å².